The van der Waals surface area contributed by atoms with Crippen molar-refractivity contribution < 1.29 is 4.74 Å². The van der Waals surface area contributed by atoms with Gasteiger partial charge in [0, 0.05) is 25.4 Å². The lowest BCUT2D eigenvalue weighted by molar-refractivity contribution is 0.475. The minimum Gasteiger partial charge on any atom is -0.457 e. The van der Waals surface area contributed by atoms with E-state index < -0.39 is 0 Å². The fourth-order valence-electron chi connectivity index (χ4n) is 2.56. The summed E-state index contributed by atoms with van der Waals surface area (Å²) in [4.78, 5) is 8.57. The summed E-state index contributed by atoms with van der Waals surface area (Å²) in [6.45, 7) is 3.27. The molecule has 0 atom stereocenters. The van der Waals surface area contributed by atoms with Crippen LogP contribution in [0.4, 0.5) is 0 Å². The molecular formula is C22H24N4O. The van der Waals surface area contributed by atoms with E-state index in [2.05, 4.69) is 27.5 Å². The Kier molecular flexibility index (Phi) is 6.41. The van der Waals surface area contributed by atoms with Crippen LogP contribution in [0, 0.1) is 6.92 Å². The molecule has 3 rings (SSSR count). The lowest BCUT2D eigenvalue weighted by atomic mass is 10.2. The highest BCUT2D eigenvalue weighted by atomic mass is 16.5. The van der Waals surface area contributed by atoms with Gasteiger partial charge in [-0.2, -0.15) is 0 Å². The average molecular weight is 360 g/mol. The third kappa shape index (κ3) is 5.57. The number of para-hydroxylation sites is 1. The van der Waals surface area contributed by atoms with Gasteiger partial charge in [0.15, 0.2) is 5.96 Å². The van der Waals surface area contributed by atoms with Crippen LogP contribution < -0.4 is 15.4 Å². The molecule has 5 heteroatoms. The molecule has 0 saturated carbocycles. The van der Waals surface area contributed by atoms with Gasteiger partial charge in [-0.1, -0.05) is 42.0 Å². The molecule has 2 aromatic carbocycles. The molecule has 0 bridgehead atoms. The topological polar surface area (TPSA) is 58.5 Å². The van der Waals surface area contributed by atoms with Crippen molar-refractivity contribution >= 4 is 5.96 Å². The molecular weight excluding hydrogens is 336 g/mol. The molecule has 0 unspecified atom stereocenters. The van der Waals surface area contributed by atoms with Gasteiger partial charge in [0.2, 0.25) is 0 Å². The number of hydrogen-bond donors (Lipinski definition) is 2. The Labute approximate surface area is 160 Å². The minimum atomic E-state index is 0.601. The van der Waals surface area contributed by atoms with Crippen molar-refractivity contribution in [2.45, 2.75) is 20.0 Å². The molecule has 1 heterocycles. The van der Waals surface area contributed by atoms with Crippen molar-refractivity contribution in [2.75, 3.05) is 7.05 Å². The molecule has 0 aliphatic rings. The quantitative estimate of drug-likeness (QED) is 0.514. The smallest absolute Gasteiger partial charge is 0.191 e. The van der Waals surface area contributed by atoms with Crippen LogP contribution >= 0.6 is 0 Å². The summed E-state index contributed by atoms with van der Waals surface area (Å²) in [5, 5.41) is 6.59. The van der Waals surface area contributed by atoms with Gasteiger partial charge in [0.1, 0.15) is 11.5 Å². The highest BCUT2D eigenvalue weighted by molar-refractivity contribution is 5.79. The van der Waals surface area contributed by atoms with Gasteiger partial charge in [-0.05, 0) is 37.3 Å². The van der Waals surface area contributed by atoms with Crippen molar-refractivity contribution in [3.05, 3.63) is 89.7 Å². The van der Waals surface area contributed by atoms with Gasteiger partial charge in [-0.3, -0.25) is 9.98 Å². The van der Waals surface area contributed by atoms with E-state index in [0.29, 0.717) is 19.0 Å². The zero-order valence-corrected chi connectivity index (χ0v) is 15.6. The van der Waals surface area contributed by atoms with Gasteiger partial charge >= 0.3 is 0 Å². The first-order valence-electron chi connectivity index (χ1n) is 8.91. The Morgan fingerprint density at radius 1 is 0.926 bits per heavy atom. The summed E-state index contributed by atoms with van der Waals surface area (Å²) >= 11 is 0. The molecule has 0 saturated heterocycles. The zero-order chi connectivity index (χ0) is 18.9. The first-order valence-corrected chi connectivity index (χ1v) is 8.91. The molecule has 0 spiro atoms. The highest BCUT2D eigenvalue weighted by Crippen LogP contribution is 2.25. The second kappa shape index (κ2) is 9.38. The summed E-state index contributed by atoms with van der Waals surface area (Å²) in [6.07, 6.45) is 1.78. The van der Waals surface area contributed by atoms with E-state index >= 15 is 0 Å². The van der Waals surface area contributed by atoms with Gasteiger partial charge in [0.05, 0.1) is 12.2 Å². The number of rotatable bonds is 6. The molecule has 0 aliphatic carbocycles. The first-order chi connectivity index (χ1) is 13.2. The predicted octanol–water partition coefficient (Wildman–Crippen LogP) is 4.05. The first kappa shape index (κ1) is 18.5. The number of hydrogen-bond acceptors (Lipinski definition) is 3. The molecule has 0 amide bonds. The second-order valence-electron chi connectivity index (χ2n) is 6.12. The van der Waals surface area contributed by atoms with E-state index in [1.807, 2.05) is 66.7 Å². The summed E-state index contributed by atoms with van der Waals surface area (Å²) < 4.78 is 6.05. The van der Waals surface area contributed by atoms with Crippen molar-refractivity contribution in [3.63, 3.8) is 0 Å². The van der Waals surface area contributed by atoms with Gasteiger partial charge in [-0.25, -0.2) is 0 Å². The molecule has 0 aliphatic heterocycles. The van der Waals surface area contributed by atoms with E-state index in [9.17, 15) is 0 Å². The van der Waals surface area contributed by atoms with Crippen molar-refractivity contribution in [3.8, 4) is 11.5 Å². The van der Waals surface area contributed by atoms with Crippen LogP contribution in [-0.2, 0) is 13.1 Å². The molecule has 0 radical (unpaired) electrons. The molecule has 3 aromatic rings. The number of benzene rings is 2. The third-order valence-corrected chi connectivity index (χ3v) is 4.05. The summed E-state index contributed by atoms with van der Waals surface area (Å²) in [5.41, 5.74) is 3.22. The van der Waals surface area contributed by atoms with Gasteiger partial charge < -0.3 is 15.4 Å². The Balaban J connectivity index is 1.60. The van der Waals surface area contributed by atoms with E-state index in [1.165, 1.54) is 5.56 Å². The number of aliphatic imine (C=N–C) groups is 1. The highest BCUT2D eigenvalue weighted by Gasteiger charge is 2.06. The van der Waals surface area contributed by atoms with Crippen LogP contribution in [0.25, 0.3) is 0 Å². The van der Waals surface area contributed by atoms with E-state index in [1.54, 1.807) is 13.2 Å². The number of pyridine rings is 1. The van der Waals surface area contributed by atoms with Crippen molar-refractivity contribution in [1.82, 2.24) is 15.6 Å². The maximum absolute atomic E-state index is 6.05. The Bertz CT molecular complexity index is 876. The zero-order valence-electron chi connectivity index (χ0n) is 15.6. The van der Waals surface area contributed by atoms with Crippen LogP contribution in [-0.4, -0.2) is 18.0 Å². The maximum atomic E-state index is 6.05. The van der Waals surface area contributed by atoms with Crippen LogP contribution in [0.15, 0.2) is 77.9 Å². The van der Waals surface area contributed by atoms with Crippen molar-refractivity contribution in [1.29, 1.82) is 0 Å². The number of guanidine groups is 1. The fourth-order valence-corrected chi connectivity index (χ4v) is 2.56. The Hall–Kier alpha value is -3.34. The number of ether oxygens (including phenoxy) is 1. The van der Waals surface area contributed by atoms with Crippen molar-refractivity contribution in [2.24, 2.45) is 4.99 Å². The lowest BCUT2D eigenvalue weighted by Crippen LogP contribution is -2.36. The number of aromatic nitrogens is 1. The van der Waals surface area contributed by atoms with Crippen LogP contribution in [0.5, 0.6) is 11.5 Å². The molecule has 27 heavy (non-hydrogen) atoms. The summed E-state index contributed by atoms with van der Waals surface area (Å²) in [7, 11) is 1.75. The third-order valence-electron chi connectivity index (χ3n) is 4.05. The number of aryl methyl sites for hydroxylation is 1. The molecule has 2 N–H and O–H groups in total. The number of nitrogens with one attached hydrogen (secondary N) is 2. The summed E-state index contributed by atoms with van der Waals surface area (Å²) in [5.74, 6) is 2.37. The molecule has 1 aromatic heterocycles. The maximum Gasteiger partial charge on any atom is 0.191 e. The van der Waals surface area contributed by atoms with E-state index in [0.717, 1.165) is 22.8 Å². The van der Waals surface area contributed by atoms with E-state index in [-0.39, 0.29) is 0 Å². The predicted molar refractivity (Wildman–Crippen MR) is 109 cm³/mol. The monoisotopic (exact) mass is 360 g/mol. The Morgan fingerprint density at radius 3 is 2.41 bits per heavy atom. The lowest BCUT2D eigenvalue weighted by Gasteiger charge is -2.14. The van der Waals surface area contributed by atoms with Crippen LogP contribution in [0.1, 0.15) is 16.8 Å². The number of nitrogens with zero attached hydrogens (tertiary/aromatic N) is 2. The van der Waals surface area contributed by atoms with Gasteiger partial charge in [-0.15, -0.1) is 0 Å². The normalized spacial score (nSPS) is 11.1. The Morgan fingerprint density at radius 2 is 1.67 bits per heavy atom. The largest absolute Gasteiger partial charge is 0.457 e. The fraction of sp³-hybridized carbons (Fsp3) is 0.182. The summed E-state index contributed by atoms with van der Waals surface area (Å²) in [6, 6.07) is 21.9. The van der Waals surface area contributed by atoms with Gasteiger partial charge in [0.25, 0.3) is 0 Å². The molecule has 5 nitrogen and oxygen atoms in total. The SMILES string of the molecule is CN=C(NCc1ccccn1)NCc1ccccc1Oc1ccc(C)cc1. The molecule has 138 valence electrons. The van der Waals surface area contributed by atoms with Crippen LogP contribution in [0.2, 0.25) is 0 Å². The van der Waals surface area contributed by atoms with E-state index in [4.69, 9.17) is 4.74 Å². The molecule has 0 fully saturated rings. The van der Waals surface area contributed by atoms with Crippen LogP contribution in [0.3, 0.4) is 0 Å². The second-order valence-corrected chi connectivity index (χ2v) is 6.12. The standard InChI is InChI=1S/C22H24N4O/c1-17-10-12-20(13-11-17)27-21-9-4-3-7-18(21)15-25-22(23-2)26-16-19-8-5-6-14-24-19/h3-14H,15-16H2,1-2H3,(H2,23,25,26). The minimum absolute atomic E-state index is 0.601. The average Bonchev–Trinajstić information content (AvgIpc) is 2.71.